The van der Waals surface area contributed by atoms with E-state index in [1.807, 2.05) is 54.6 Å². The van der Waals surface area contributed by atoms with Crippen LogP contribution in [0.3, 0.4) is 0 Å². The third kappa shape index (κ3) is 12.8. The molecule has 6 amide bonds. The number of benzene rings is 2. The standard InChI is InChI=1S/C45H62N10O6/c46-45(47)49-24-9-18-34-40(57)48-23-10-19-35(51-39(56)22-21-29-12-3-1-4-13-29)44(61)55-25-11-20-38(55)43(60)54-36(26-30-14-5-2-6-15-30)41(58)53-37(42(59)52-34)27-31-28-50-33-17-8-7-16-32(31)33/h1,3-4,7-8,12-13,16-17,28,30,34-38,50H,2,5-6,9-11,14-15,18-27H2,(H,48,57)(H,51,56)(H,52,59)(H,53,58)(H,54,60)(H4,46,47,49)/t34-,35-,36+,37-,38-/m0/s1. The summed E-state index contributed by atoms with van der Waals surface area (Å²) in [5.74, 6) is -2.57. The van der Waals surface area contributed by atoms with Crippen molar-refractivity contribution < 1.29 is 28.8 Å². The zero-order valence-corrected chi connectivity index (χ0v) is 35.0. The number of fused-ring (bicyclic) bond motifs is 2. The summed E-state index contributed by atoms with van der Waals surface area (Å²) in [7, 11) is 0. The molecule has 16 nitrogen and oxygen atoms in total. The van der Waals surface area contributed by atoms with Crippen molar-refractivity contribution in [2.24, 2.45) is 22.4 Å². The van der Waals surface area contributed by atoms with Crippen molar-refractivity contribution in [1.29, 1.82) is 0 Å². The van der Waals surface area contributed by atoms with Gasteiger partial charge in [-0.3, -0.25) is 33.8 Å². The van der Waals surface area contributed by atoms with Crippen LogP contribution in [0.15, 0.2) is 65.8 Å². The van der Waals surface area contributed by atoms with E-state index in [1.165, 1.54) is 4.90 Å². The van der Waals surface area contributed by atoms with Crippen LogP contribution < -0.4 is 38.1 Å². The van der Waals surface area contributed by atoms with E-state index in [0.29, 0.717) is 45.1 Å². The summed E-state index contributed by atoms with van der Waals surface area (Å²) >= 11 is 0. The van der Waals surface area contributed by atoms with E-state index >= 15 is 0 Å². The van der Waals surface area contributed by atoms with Crippen LogP contribution in [0.4, 0.5) is 0 Å². The van der Waals surface area contributed by atoms with Crippen LogP contribution in [0.1, 0.15) is 94.6 Å². The quantitative estimate of drug-likeness (QED) is 0.0762. The van der Waals surface area contributed by atoms with Gasteiger partial charge >= 0.3 is 0 Å². The number of aliphatic imine (C=N–C) groups is 1. The number of rotatable bonds is 12. The van der Waals surface area contributed by atoms with Gasteiger partial charge in [0.25, 0.3) is 0 Å². The lowest BCUT2D eigenvalue weighted by molar-refractivity contribution is -0.142. The molecule has 16 heteroatoms. The zero-order chi connectivity index (χ0) is 43.1. The molecule has 1 aliphatic carbocycles. The molecule has 10 N–H and O–H groups in total. The largest absolute Gasteiger partial charge is 0.370 e. The number of carbonyl (C=O) groups is 6. The lowest BCUT2D eigenvalue weighted by Crippen LogP contribution is -2.59. The predicted octanol–water partition coefficient (Wildman–Crippen LogP) is 2.21. The monoisotopic (exact) mass is 838 g/mol. The Kier molecular flexibility index (Phi) is 16.1. The van der Waals surface area contributed by atoms with Gasteiger partial charge < -0.3 is 47.9 Å². The van der Waals surface area contributed by atoms with Crippen LogP contribution in [-0.2, 0) is 41.6 Å². The topological polar surface area (TPSA) is 246 Å². The Morgan fingerprint density at radius 3 is 2.28 bits per heavy atom. The van der Waals surface area contributed by atoms with Gasteiger partial charge in [-0.2, -0.15) is 0 Å². The van der Waals surface area contributed by atoms with Gasteiger partial charge in [-0.15, -0.1) is 0 Å². The van der Waals surface area contributed by atoms with Crippen LogP contribution in [0, 0.1) is 5.92 Å². The molecule has 3 fully saturated rings. The van der Waals surface area contributed by atoms with E-state index in [2.05, 4.69) is 36.6 Å². The molecule has 1 saturated carbocycles. The smallest absolute Gasteiger partial charge is 0.245 e. The van der Waals surface area contributed by atoms with E-state index in [9.17, 15) is 28.8 Å². The molecule has 0 bridgehead atoms. The number of carbonyl (C=O) groups excluding carboxylic acids is 6. The Balaban J connectivity index is 1.29. The molecule has 2 aliphatic heterocycles. The molecule has 2 saturated heterocycles. The Bertz CT molecular complexity index is 2010. The van der Waals surface area contributed by atoms with Crippen LogP contribution in [0.5, 0.6) is 0 Å². The summed E-state index contributed by atoms with van der Waals surface area (Å²) in [6.07, 6.45) is 9.96. The molecule has 2 aromatic carbocycles. The molecule has 0 unspecified atom stereocenters. The summed E-state index contributed by atoms with van der Waals surface area (Å²) in [6, 6.07) is 12.3. The summed E-state index contributed by atoms with van der Waals surface area (Å²) in [4.78, 5) is 93.5. The molecule has 61 heavy (non-hydrogen) atoms. The number of aryl methyl sites for hydroxylation is 1. The fraction of sp³-hybridized carbons (Fsp3) is 0.533. The van der Waals surface area contributed by atoms with Crippen molar-refractivity contribution in [3.05, 3.63) is 71.9 Å². The minimum absolute atomic E-state index is 0.0916. The van der Waals surface area contributed by atoms with Gasteiger partial charge in [-0.05, 0) is 74.5 Å². The van der Waals surface area contributed by atoms with Crippen LogP contribution >= 0.6 is 0 Å². The second kappa shape index (κ2) is 22.1. The molecule has 1 aromatic heterocycles. The number of guanidine groups is 1. The van der Waals surface area contributed by atoms with Gasteiger partial charge in [-0.1, -0.05) is 80.6 Å². The first-order valence-corrected chi connectivity index (χ1v) is 22.0. The van der Waals surface area contributed by atoms with Gasteiger partial charge in [0.15, 0.2) is 5.96 Å². The Labute approximate surface area is 357 Å². The summed E-state index contributed by atoms with van der Waals surface area (Å²) in [5.41, 5.74) is 13.7. The van der Waals surface area contributed by atoms with Crippen molar-refractivity contribution in [3.63, 3.8) is 0 Å². The van der Waals surface area contributed by atoms with Crippen molar-refractivity contribution >= 4 is 52.3 Å². The molecule has 328 valence electrons. The number of nitrogens with zero attached hydrogens (tertiary/aromatic N) is 2. The fourth-order valence-electron chi connectivity index (χ4n) is 8.87. The average molecular weight is 839 g/mol. The normalized spacial score (nSPS) is 23.8. The highest BCUT2D eigenvalue weighted by molar-refractivity contribution is 5.97. The molecule has 0 radical (unpaired) electrons. The minimum atomic E-state index is -1.11. The lowest BCUT2D eigenvalue weighted by atomic mass is 9.84. The molecular weight excluding hydrogens is 777 g/mol. The number of amides is 6. The highest BCUT2D eigenvalue weighted by Crippen LogP contribution is 2.28. The second-order valence-corrected chi connectivity index (χ2v) is 16.7. The van der Waals surface area contributed by atoms with Crippen LogP contribution in [0.25, 0.3) is 10.9 Å². The maximum absolute atomic E-state index is 14.5. The lowest BCUT2D eigenvalue weighted by Gasteiger charge is -2.32. The number of hydrogen-bond donors (Lipinski definition) is 8. The fourth-order valence-corrected chi connectivity index (χ4v) is 8.87. The SMILES string of the molecule is NC(N)=NCCC[C@@H]1NC(=O)[C@H](Cc2c[nH]c3ccccc23)NC(=O)[C@@H](CC2CCCCC2)NC(=O)[C@@H]2CCCN2C(=O)[C@@H](NC(=O)CCc2ccccc2)CCCNC1=O. The summed E-state index contributed by atoms with van der Waals surface area (Å²) in [6.45, 7) is 0.689. The van der Waals surface area contributed by atoms with Crippen molar-refractivity contribution in [1.82, 2.24) is 36.5 Å². The Morgan fingerprint density at radius 1 is 0.770 bits per heavy atom. The van der Waals surface area contributed by atoms with Gasteiger partial charge in [0.05, 0.1) is 0 Å². The van der Waals surface area contributed by atoms with Gasteiger partial charge in [0, 0.05) is 49.6 Å². The van der Waals surface area contributed by atoms with Crippen molar-refractivity contribution in [3.8, 4) is 0 Å². The highest BCUT2D eigenvalue weighted by atomic mass is 16.2. The molecule has 0 spiro atoms. The van der Waals surface area contributed by atoms with E-state index < -0.39 is 53.8 Å². The number of hydrogen-bond acceptors (Lipinski definition) is 7. The maximum Gasteiger partial charge on any atom is 0.245 e. The van der Waals surface area contributed by atoms with E-state index in [1.54, 1.807) is 6.20 Å². The third-order valence-electron chi connectivity index (χ3n) is 12.2. The maximum atomic E-state index is 14.5. The van der Waals surface area contributed by atoms with Crippen molar-refractivity contribution in [2.45, 2.75) is 127 Å². The number of H-pyrrole nitrogens is 1. The van der Waals surface area contributed by atoms with Crippen LogP contribution in [-0.4, -0.2) is 101 Å². The van der Waals surface area contributed by atoms with Crippen LogP contribution in [0.2, 0.25) is 0 Å². The molecule has 3 heterocycles. The third-order valence-corrected chi connectivity index (χ3v) is 12.2. The average Bonchev–Trinajstić information content (AvgIpc) is 3.92. The molecule has 3 aromatic rings. The van der Waals surface area contributed by atoms with E-state index in [4.69, 9.17) is 11.5 Å². The van der Waals surface area contributed by atoms with Gasteiger partial charge in [0.2, 0.25) is 35.4 Å². The second-order valence-electron chi connectivity index (χ2n) is 16.7. The summed E-state index contributed by atoms with van der Waals surface area (Å²) in [5, 5.41) is 15.6. The number of aromatic nitrogens is 1. The Morgan fingerprint density at radius 2 is 1.49 bits per heavy atom. The van der Waals surface area contributed by atoms with Gasteiger partial charge in [0.1, 0.15) is 30.2 Å². The molecular formula is C45H62N10O6. The molecule has 3 aliphatic rings. The first kappa shape index (κ1) is 44.6. The van der Waals surface area contributed by atoms with E-state index in [0.717, 1.165) is 54.1 Å². The molecule has 5 atom stereocenters. The first-order chi connectivity index (χ1) is 29.5. The zero-order valence-electron chi connectivity index (χ0n) is 35.0. The molecule has 6 rings (SSSR count). The first-order valence-electron chi connectivity index (χ1n) is 22.0. The number of nitrogens with one attached hydrogen (secondary N) is 6. The number of nitrogens with two attached hydrogens (primary N) is 2. The van der Waals surface area contributed by atoms with E-state index in [-0.39, 0.29) is 62.5 Å². The van der Waals surface area contributed by atoms with Crippen molar-refractivity contribution in [2.75, 3.05) is 19.6 Å². The van der Waals surface area contributed by atoms with Gasteiger partial charge in [-0.25, -0.2) is 0 Å². The predicted molar refractivity (Wildman–Crippen MR) is 233 cm³/mol. The number of aromatic amines is 1. The minimum Gasteiger partial charge on any atom is -0.370 e. The highest BCUT2D eigenvalue weighted by Gasteiger charge is 2.40. The Hall–Kier alpha value is -5.93. The summed E-state index contributed by atoms with van der Waals surface area (Å²) < 4.78 is 0. The number of para-hydroxylation sites is 1.